The van der Waals surface area contributed by atoms with E-state index in [1.807, 2.05) is 13.8 Å². The molecule has 0 saturated carbocycles. The summed E-state index contributed by atoms with van der Waals surface area (Å²) < 4.78 is 0. The molecule has 6 nitrogen and oxygen atoms in total. The lowest BCUT2D eigenvalue weighted by atomic mass is 10.0. The van der Waals surface area contributed by atoms with Gasteiger partial charge in [0.05, 0.1) is 5.56 Å². The second-order valence-corrected chi connectivity index (χ2v) is 4.59. The molecule has 118 valence electrons. The Morgan fingerprint density at radius 1 is 1.27 bits per heavy atom. The normalized spacial score (nSPS) is 17.0. The average molecular weight is 304 g/mol. The Labute approximate surface area is 129 Å². The molecule has 1 heterocycles. The molecule has 0 bridgehead atoms. The fourth-order valence-electron chi connectivity index (χ4n) is 2.18. The second kappa shape index (κ2) is 8.07. The quantitative estimate of drug-likeness (QED) is 0.676. The molecule has 1 aliphatic heterocycles. The zero-order chi connectivity index (χ0) is 16.7. The van der Waals surface area contributed by atoms with Gasteiger partial charge in [0.15, 0.2) is 6.29 Å². The maximum Gasteiger partial charge on any atom is 0.255 e. The van der Waals surface area contributed by atoms with Gasteiger partial charge >= 0.3 is 0 Å². The highest BCUT2D eigenvalue weighted by molar-refractivity contribution is 6.05. The summed E-state index contributed by atoms with van der Waals surface area (Å²) >= 11 is 0. The van der Waals surface area contributed by atoms with Gasteiger partial charge in [-0.3, -0.25) is 24.5 Å². The highest BCUT2D eigenvalue weighted by atomic mass is 16.2. The van der Waals surface area contributed by atoms with E-state index >= 15 is 0 Å². The molecule has 1 aromatic carbocycles. The van der Waals surface area contributed by atoms with E-state index in [0.717, 1.165) is 0 Å². The van der Waals surface area contributed by atoms with Gasteiger partial charge in [-0.25, -0.2) is 0 Å². The number of piperidine rings is 1. The average Bonchev–Trinajstić information content (AvgIpc) is 2.55. The summed E-state index contributed by atoms with van der Waals surface area (Å²) in [5.74, 6) is -1.23. The van der Waals surface area contributed by atoms with Crippen molar-refractivity contribution in [3.05, 3.63) is 35.4 Å². The molecule has 1 aliphatic rings. The molecule has 1 saturated heterocycles. The van der Waals surface area contributed by atoms with Crippen molar-refractivity contribution < 1.29 is 19.2 Å². The van der Waals surface area contributed by atoms with Crippen LogP contribution in [0.1, 0.15) is 47.4 Å². The largest absolute Gasteiger partial charge is 0.330 e. The third-order valence-electron chi connectivity index (χ3n) is 3.32. The minimum atomic E-state index is -0.695. The van der Waals surface area contributed by atoms with Crippen molar-refractivity contribution in [1.29, 1.82) is 0 Å². The van der Waals surface area contributed by atoms with Gasteiger partial charge < -0.3 is 4.90 Å². The van der Waals surface area contributed by atoms with Crippen molar-refractivity contribution in [3.63, 3.8) is 0 Å². The summed E-state index contributed by atoms with van der Waals surface area (Å²) in [4.78, 5) is 47.4. The Bertz CT molecular complexity index is 583. The van der Waals surface area contributed by atoms with Crippen molar-refractivity contribution in [1.82, 2.24) is 10.2 Å². The van der Waals surface area contributed by atoms with Crippen LogP contribution in [0.25, 0.3) is 0 Å². The number of likely N-dealkylation sites (N-methyl/N-ethyl adjacent to an activating group) is 1. The van der Waals surface area contributed by atoms with Gasteiger partial charge in [-0.05, 0) is 12.5 Å². The van der Waals surface area contributed by atoms with Crippen LogP contribution in [0.15, 0.2) is 24.3 Å². The van der Waals surface area contributed by atoms with E-state index in [2.05, 4.69) is 5.32 Å². The zero-order valence-corrected chi connectivity index (χ0v) is 13.0. The number of nitrogens with one attached hydrogen (secondary N) is 1. The number of hydrogen-bond acceptors (Lipinski definition) is 4. The molecule has 1 fully saturated rings. The maximum atomic E-state index is 12.4. The first-order chi connectivity index (χ1) is 10.5. The van der Waals surface area contributed by atoms with Crippen LogP contribution in [0.4, 0.5) is 0 Å². The Morgan fingerprint density at radius 3 is 2.50 bits per heavy atom. The molecule has 1 atom stereocenters. The molecule has 6 heteroatoms. The predicted octanol–water partition coefficient (Wildman–Crippen LogP) is 1.40. The Balaban J connectivity index is 0.00000116. The summed E-state index contributed by atoms with van der Waals surface area (Å²) in [5, 5.41) is 2.20. The van der Waals surface area contributed by atoms with Crippen LogP contribution in [0, 0.1) is 0 Å². The van der Waals surface area contributed by atoms with E-state index in [9.17, 15) is 19.2 Å². The van der Waals surface area contributed by atoms with Crippen molar-refractivity contribution >= 4 is 24.0 Å². The van der Waals surface area contributed by atoms with E-state index in [-0.39, 0.29) is 29.9 Å². The van der Waals surface area contributed by atoms with Crippen LogP contribution < -0.4 is 5.32 Å². The van der Waals surface area contributed by atoms with Crippen LogP contribution in [0.3, 0.4) is 0 Å². The fourth-order valence-corrected chi connectivity index (χ4v) is 2.18. The monoisotopic (exact) mass is 304 g/mol. The Morgan fingerprint density at radius 2 is 1.91 bits per heavy atom. The maximum absolute atomic E-state index is 12.4. The van der Waals surface area contributed by atoms with E-state index in [4.69, 9.17) is 0 Å². The molecule has 0 radical (unpaired) electrons. The first kappa shape index (κ1) is 17.6. The molecular formula is C16H20N2O4. The lowest BCUT2D eigenvalue weighted by molar-refractivity contribution is -0.136. The van der Waals surface area contributed by atoms with Crippen LogP contribution in [-0.2, 0) is 9.59 Å². The van der Waals surface area contributed by atoms with Crippen molar-refractivity contribution in [2.24, 2.45) is 0 Å². The van der Waals surface area contributed by atoms with Gasteiger partial charge in [0.2, 0.25) is 11.8 Å². The van der Waals surface area contributed by atoms with Crippen LogP contribution in [0.2, 0.25) is 0 Å². The highest BCUT2D eigenvalue weighted by Crippen LogP contribution is 2.16. The number of hydrogen-bond donors (Lipinski definition) is 1. The van der Waals surface area contributed by atoms with Gasteiger partial charge in [-0.2, -0.15) is 0 Å². The van der Waals surface area contributed by atoms with Gasteiger partial charge in [0, 0.05) is 19.0 Å². The number of carbonyl (C=O) groups is 4. The SMILES string of the molecule is CC.CN(C(=O)c1ccccc1C=O)C1CCC(=O)NC1=O. The molecule has 0 aliphatic carbocycles. The van der Waals surface area contributed by atoms with Crippen LogP contribution in [0.5, 0.6) is 0 Å². The highest BCUT2D eigenvalue weighted by Gasteiger charge is 2.33. The molecule has 1 N–H and O–H groups in total. The number of carbonyl (C=O) groups excluding carboxylic acids is 4. The molecular weight excluding hydrogens is 284 g/mol. The second-order valence-electron chi connectivity index (χ2n) is 4.59. The lowest BCUT2D eigenvalue weighted by Crippen LogP contribution is -2.53. The summed E-state index contributed by atoms with van der Waals surface area (Å²) in [5.41, 5.74) is 0.520. The first-order valence-electron chi connectivity index (χ1n) is 7.19. The van der Waals surface area contributed by atoms with E-state index in [0.29, 0.717) is 6.29 Å². The number of nitrogens with zero attached hydrogens (tertiary/aromatic N) is 1. The number of benzene rings is 1. The third-order valence-corrected chi connectivity index (χ3v) is 3.32. The molecule has 0 aromatic heterocycles. The van der Waals surface area contributed by atoms with Crippen LogP contribution >= 0.6 is 0 Å². The van der Waals surface area contributed by atoms with Gasteiger partial charge in [0.25, 0.3) is 5.91 Å². The number of aldehydes is 1. The van der Waals surface area contributed by atoms with Crippen molar-refractivity contribution in [2.45, 2.75) is 32.7 Å². The lowest BCUT2D eigenvalue weighted by Gasteiger charge is -2.30. The van der Waals surface area contributed by atoms with E-state index < -0.39 is 17.9 Å². The number of rotatable bonds is 3. The summed E-state index contributed by atoms with van der Waals surface area (Å²) in [7, 11) is 1.49. The minimum Gasteiger partial charge on any atom is -0.330 e. The molecule has 2 rings (SSSR count). The molecule has 1 unspecified atom stereocenters. The van der Waals surface area contributed by atoms with Gasteiger partial charge in [-0.15, -0.1) is 0 Å². The Kier molecular flexibility index (Phi) is 6.44. The predicted molar refractivity (Wildman–Crippen MR) is 81.4 cm³/mol. The molecule has 22 heavy (non-hydrogen) atoms. The Hall–Kier alpha value is -2.50. The van der Waals surface area contributed by atoms with E-state index in [1.165, 1.54) is 18.0 Å². The van der Waals surface area contributed by atoms with Crippen molar-refractivity contribution in [3.8, 4) is 0 Å². The minimum absolute atomic E-state index is 0.198. The van der Waals surface area contributed by atoms with E-state index in [1.54, 1.807) is 18.2 Å². The zero-order valence-electron chi connectivity index (χ0n) is 13.0. The number of imide groups is 1. The third kappa shape index (κ3) is 3.78. The first-order valence-corrected chi connectivity index (χ1v) is 7.19. The number of amides is 3. The summed E-state index contributed by atoms with van der Waals surface area (Å²) in [6, 6.07) is 5.69. The topological polar surface area (TPSA) is 83.6 Å². The standard InChI is InChI=1S/C14H14N2O4.C2H6/c1-16(11-6-7-12(18)15-13(11)19)14(20)10-5-3-2-4-9(10)8-17;1-2/h2-5,8,11H,6-7H2,1H3,(H,15,18,19);1-2H3. The summed E-state index contributed by atoms with van der Waals surface area (Å²) in [6.07, 6.45) is 1.09. The smallest absolute Gasteiger partial charge is 0.255 e. The summed E-state index contributed by atoms with van der Waals surface area (Å²) in [6.45, 7) is 4.00. The van der Waals surface area contributed by atoms with Crippen LogP contribution in [-0.4, -0.2) is 42.0 Å². The van der Waals surface area contributed by atoms with Crippen molar-refractivity contribution in [2.75, 3.05) is 7.05 Å². The van der Waals surface area contributed by atoms with Gasteiger partial charge in [-0.1, -0.05) is 32.0 Å². The van der Waals surface area contributed by atoms with Gasteiger partial charge in [0.1, 0.15) is 6.04 Å². The molecule has 0 spiro atoms. The molecule has 1 aromatic rings. The fraction of sp³-hybridized carbons (Fsp3) is 0.375. The molecule has 3 amide bonds.